The fourth-order valence-corrected chi connectivity index (χ4v) is 11.7. The highest BCUT2D eigenvalue weighted by atomic mass is 32.1. The Kier molecular flexibility index (Phi) is 11.5. The van der Waals surface area contributed by atoms with E-state index in [1.165, 1.54) is 165 Å². The van der Waals surface area contributed by atoms with E-state index in [4.69, 9.17) is 8.75 Å². The molecule has 2 nitrogen and oxygen atoms in total. The third-order valence-electron chi connectivity index (χ3n) is 12.1. The summed E-state index contributed by atoms with van der Waals surface area (Å²) in [5.41, 5.74) is 13.3. The van der Waals surface area contributed by atoms with E-state index in [2.05, 4.69) is 113 Å². The lowest BCUT2D eigenvalue weighted by Crippen LogP contribution is -2.26. The van der Waals surface area contributed by atoms with Crippen molar-refractivity contribution in [2.24, 2.45) is 0 Å². The number of hydrogen-bond acceptors (Lipinski definition) is 5. The summed E-state index contributed by atoms with van der Waals surface area (Å²) in [5.74, 6) is 0. The summed E-state index contributed by atoms with van der Waals surface area (Å²) >= 11 is 5.04. The molecular formula is C49H54N2S3. The molecule has 0 saturated heterocycles. The van der Waals surface area contributed by atoms with Gasteiger partial charge in [0, 0.05) is 36.1 Å². The summed E-state index contributed by atoms with van der Waals surface area (Å²) in [6, 6.07) is 32.8. The fourth-order valence-electron chi connectivity index (χ4n) is 9.24. The van der Waals surface area contributed by atoms with Crippen LogP contribution in [0, 0.1) is 13.8 Å². The first-order valence-electron chi connectivity index (χ1n) is 20.6. The van der Waals surface area contributed by atoms with Crippen molar-refractivity contribution in [2.75, 3.05) is 0 Å². The quantitative estimate of drug-likeness (QED) is 0.0863. The van der Waals surface area contributed by atoms with Crippen LogP contribution >= 0.6 is 34.4 Å². The Morgan fingerprint density at radius 1 is 0.519 bits per heavy atom. The number of hydrogen-bond donors (Lipinski definition) is 0. The van der Waals surface area contributed by atoms with Gasteiger partial charge in [0.1, 0.15) is 11.0 Å². The summed E-state index contributed by atoms with van der Waals surface area (Å²) in [7, 11) is 0. The molecule has 0 spiro atoms. The van der Waals surface area contributed by atoms with Crippen molar-refractivity contribution in [3.8, 4) is 42.4 Å². The van der Waals surface area contributed by atoms with E-state index in [1.807, 2.05) is 22.7 Å². The van der Waals surface area contributed by atoms with Crippen LogP contribution in [0.4, 0.5) is 0 Å². The minimum atomic E-state index is 0.0411. The van der Waals surface area contributed by atoms with Gasteiger partial charge in [0.2, 0.25) is 0 Å². The highest BCUT2D eigenvalue weighted by molar-refractivity contribution is 7.19. The zero-order chi connectivity index (χ0) is 37.1. The van der Waals surface area contributed by atoms with Gasteiger partial charge in [-0.15, -0.1) is 22.7 Å². The molecule has 8 rings (SSSR count). The zero-order valence-electron chi connectivity index (χ0n) is 32.6. The molecule has 5 heteroatoms. The first kappa shape index (κ1) is 37.3. The molecule has 0 bridgehead atoms. The van der Waals surface area contributed by atoms with E-state index < -0.39 is 0 Å². The van der Waals surface area contributed by atoms with Crippen molar-refractivity contribution in [1.82, 2.24) is 8.75 Å². The van der Waals surface area contributed by atoms with Crippen LogP contribution in [0.15, 0.2) is 84.9 Å². The normalized spacial score (nSPS) is 13.3. The van der Waals surface area contributed by atoms with E-state index in [9.17, 15) is 0 Å². The molecule has 0 N–H and O–H groups in total. The largest absolute Gasteiger partial charge is 0.172 e. The van der Waals surface area contributed by atoms with Crippen molar-refractivity contribution in [1.29, 1.82) is 0 Å². The maximum Gasteiger partial charge on any atom is 0.114 e. The number of benzene rings is 4. The molecule has 54 heavy (non-hydrogen) atoms. The SMILES string of the molecule is CCCCCCCCC1(CCCCCCCC)c2cc(-c3ccc(-c4ccc(-c5ccc(C)s5)c5nsnc45)s3)ccc2-c2c1cc(C)c1ccccc21. The summed E-state index contributed by atoms with van der Waals surface area (Å²) in [6.45, 7) is 9.15. The van der Waals surface area contributed by atoms with Gasteiger partial charge in [-0.3, -0.25) is 0 Å². The van der Waals surface area contributed by atoms with Crippen molar-refractivity contribution in [2.45, 2.75) is 123 Å². The van der Waals surface area contributed by atoms with Crippen LogP contribution in [0.1, 0.15) is 125 Å². The predicted molar refractivity (Wildman–Crippen MR) is 239 cm³/mol. The Morgan fingerprint density at radius 2 is 1.09 bits per heavy atom. The molecule has 1 aliphatic rings. The highest BCUT2D eigenvalue weighted by Gasteiger charge is 2.43. The van der Waals surface area contributed by atoms with Gasteiger partial charge in [-0.05, 0) is 101 Å². The smallest absolute Gasteiger partial charge is 0.114 e. The average molecular weight is 767 g/mol. The molecule has 3 aromatic heterocycles. The minimum absolute atomic E-state index is 0.0411. The van der Waals surface area contributed by atoms with Crippen molar-refractivity contribution in [3.05, 3.63) is 106 Å². The molecule has 0 saturated carbocycles. The van der Waals surface area contributed by atoms with E-state index in [0.717, 1.165) is 11.0 Å². The standard InChI is InChI=1S/C49H54N2S3/c1-5-7-9-11-13-17-29-49(30-18-14-12-10-8-6-2)41-32-35(22-23-38(41)46-37-20-16-15-19-36(37)33(3)31-42(46)49)43-27-28-45(53-43)40-25-24-39(44-26-21-34(4)52-44)47-48(40)51-54-50-47/h15-16,19-28,31-32H,5-14,17-18,29-30H2,1-4H3. The predicted octanol–water partition coefficient (Wildman–Crippen LogP) is 16.4. The van der Waals surface area contributed by atoms with Gasteiger partial charge in [-0.25, -0.2) is 0 Å². The molecular weight excluding hydrogens is 713 g/mol. The molecule has 0 atom stereocenters. The van der Waals surface area contributed by atoms with Crippen molar-refractivity contribution < 1.29 is 0 Å². The van der Waals surface area contributed by atoms with Crippen LogP contribution in [-0.2, 0) is 5.41 Å². The molecule has 0 amide bonds. The molecule has 4 aromatic carbocycles. The number of nitrogens with zero attached hydrogens (tertiary/aromatic N) is 2. The summed E-state index contributed by atoms with van der Waals surface area (Å²) in [6.07, 6.45) is 18.4. The lowest BCUT2D eigenvalue weighted by molar-refractivity contribution is 0.398. The summed E-state index contributed by atoms with van der Waals surface area (Å²) in [5, 5.41) is 2.82. The molecule has 278 valence electrons. The average Bonchev–Trinajstić information content (AvgIpc) is 4.01. The van der Waals surface area contributed by atoms with Crippen LogP contribution in [-0.4, -0.2) is 8.75 Å². The lowest BCUT2D eigenvalue weighted by atomic mass is 9.70. The molecule has 0 fully saturated rings. The van der Waals surface area contributed by atoms with Gasteiger partial charge >= 0.3 is 0 Å². The Bertz CT molecular complexity index is 2360. The molecule has 0 aliphatic heterocycles. The molecule has 7 aromatic rings. The third-order valence-corrected chi connectivity index (χ3v) is 14.8. The van der Waals surface area contributed by atoms with Crippen LogP contribution in [0.25, 0.3) is 64.3 Å². The van der Waals surface area contributed by atoms with Gasteiger partial charge in [-0.2, -0.15) is 8.75 Å². The van der Waals surface area contributed by atoms with Crippen molar-refractivity contribution in [3.63, 3.8) is 0 Å². The van der Waals surface area contributed by atoms with Crippen LogP contribution in [0.3, 0.4) is 0 Å². The Hall–Kier alpha value is -3.64. The summed E-state index contributed by atoms with van der Waals surface area (Å²) < 4.78 is 9.63. The maximum atomic E-state index is 4.84. The molecule has 1 aliphatic carbocycles. The highest BCUT2D eigenvalue weighted by Crippen LogP contribution is 2.57. The van der Waals surface area contributed by atoms with Crippen molar-refractivity contribution >= 4 is 56.2 Å². The Morgan fingerprint density at radius 3 is 1.74 bits per heavy atom. The number of rotatable bonds is 17. The summed E-state index contributed by atoms with van der Waals surface area (Å²) in [4.78, 5) is 5.16. The van der Waals surface area contributed by atoms with E-state index >= 15 is 0 Å². The van der Waals surface area contributed by atoms with E-state index in [1.54, 1.807) is 11.1 Å². The van der Waals surface area contributed by atoms with Gasteiger partial charge in [-0.1, -0.05) is 145 Å². The van der Waals surface area contributed by atoms with Gasteiger partial charge < -0.3 is 0 Å². The molecule has 0 unspecified atom stereocenters. The van der Waals surface area contributed by atoms with Gasteiger partial charge in [0.25, 0.3) is 0 Å². The lowest BCUT2D eigenvalue weighted by Gasteiger charge is -2.33. The van der Waals surface area contributed by atoms with E-state index in [-0.39, 0.29) is 5.41 Å². The number of thiophene rings is 2. The first-order valence-corrected chi connectivity index (χ1v) is 23.0. The van der Waals surface area contributed by atoms with E-state index in [0.29, 0.717) is 0 Å². The van der Waals surface area contributed by atoms with Crippen LogP contribution in [0.5, 0.6) is 0 Å². The first-order chi connectivity index (χ1) is 26.5. The number of aromatic nitrogens is 2. The Balaban J connectivity index is 1.20. The second-order valence-electron chi connectivity index (χ2n) is 15.7. The second kappa shape index (κ2) is 16.6. The fraction of sp³-hybridized carbons (Fsp3) is 0.388. The van der Waals surface area contributed by atoms with Crippen LogP contribution < -0.4 is 0 Å². The van der Waals surface area contributed by atoms with Gasteiger partial charge in [0.15, 0.2) is 0 Å². The minimum Gasteiger partial charge on any atom is -0.172 e. The third kappa shape index (κ3) is 7.13. The maximum absolute atomic E-state index is 4.84. The topological polar surface area (TPSA) is 25.8 Å². The van der Waals surface area contributed by atoms with Crippen LogP contribution in [0.2, 0.25) is 0 Å². The molecule has 0 radical (unpaired) electrons. The Labute approximate surface area is 335 Å². The number of fused-ring (bicyclic) bond motifs is 6. The molecule has 3 heterocycles. The van der Waals surface area contributed by atoms with Gasteiger partial charge in [0.05, 0.1) is 11.7 Å². The monoisotopic (exact) mass is 766 g/mol. The number of aryl methyl sites for hydroxylation is 2. The zero-order valence-corrected chi connectivity index (χ0v) is 35.1. The number of unbranched alkanes of at least 4 members (excludes halogenated alkanes) is 10. The second-order valence-corrected chi connectivity index (χ2v) is 18.6.